The van der Waals surface area contributed by atoms with Gasteiger partial charge in [0.25, 0.3) is 0 Å². The summed E-state index contributed by atoms with van der Waals surface area (Å²) in [6, 6.07) is 7.48. The zero-order valence-electron chi connectivity index (χ0n) is 14.2. The van der Waals surface area contributed by atoms with Gasteiger partial charge in [0.05, 0.1) is 7.11 Å². The number of rotatable bonds is 6. The SMILES string of the molecule is COc1ccc2c(c1)c(CCN(C(C)C)C(C)C)cn2C. The Balaban J connectivity index is 2.25. The Kier molecular flexibility index (Phi) is 4.94. The standard InChI is InChI=1S/C18H28N2O/c1-13(2)20(14(3)4)10-9-15-12-19(5)18-8-7-16(21-6)11-17(15)18/h7-8,11-14H,9-10H2,1-6H3. The number of aromatic nitrogens is 1. The smallest absolute Gasteiger partial charge is 0.119 e. The third-order valence-electron chi connectivity index (χ3n) is 4.25. The van der Waals surface area contributed by atoms with Crippen molar-refractivity contribution in [1.29, 1.82) is 0 Å². The molecule has 116 valence electrons. The molecule has 1 aromatic carbocycles. The van der Waals surface area contributed by atoms with Crippen LogP contribution < -0.4 is 4.74 Å². The van der Waals surface area contributed by atoms with Crippen molar-refractivity contribution in [1.82, 2.24) is 9.47 Å². The molecule has 0 saturated heterocycles. The predicted molar refractivity (Wildman–Crippen MR) is 90.2 cm³/mol. The van der Waals surface area contributed by atoms with Crippen LogP contribution in [-0.2, 0) is 13.5 Å². The number of nitrogens with zero attached hydrogens (tertiary/aromatic N) is 2. The van der Waals surface area contributed by atoms with Crippen LogP contribution in [0.1, 0.15) is 33.3 Å². The van der Waals surface area contributed by atoms with Gasteiger partial charge in [0.15, 0.2) is 0 Å². The molecule has 2 aromatic rings. The Morgan fingerprint density at radius 3 is 2.38 bits per heavy atom. The fourth-order valence-corrected chi connectivity index (χ4v) is 3.14. The Labute approximate surface area is 128 Å². The molecule has 0 aliphatic rings. The largest absolute Gasteiger partial charge is 0.497 e. The van der Waals surface area contributed by atoms with Gasteiger partial charge in [0, 0.05) is 42.8 Å². The van der Waals surface area contributed by atoms with E-state index in [0.29, 0.717) is 12.1 Å². The molecule has 0 radical (unpaired) electrons. The highest BCUT2D eigenvalue weighted by Crippen LogP contribution is 2.26. The average molecular weight is 288 g/mol. The molecule has 3 heteroatoms. The summed E-state index contributed by atoms with van der Waals surface area (Å²) in [4.78, 5) is 2.54. The number of benzene rings is 1. The van der Waals surface area contributed by atoms with Crippen molar-refractivity contribution in [2.24, 2.45) is 7.05 Å². The quantitative estimate of drug-likeness (QED) is 0.803. The normalized spacial score (nSPS) is 12.0. The van der Waals surface area contributed by atoms with Crippen molar-refractivity contribution >= 4 is 10.9 Å². The van der Waals surface area contributed by atoms with E-state index in [1.807, 2.05) is 6.07 Å². The van der Waals surface area contributed by atoms with Gasteiger partial charge in [-0.2, -0.15) is 0 Å². The Morgan fingerprint density at radius 1 is 1.14 bits per heavy atom. The van der Waals surface area contributed by atoms with Crippen molar-refractivity contribution in [3.05, 3.63) is 30.0 Å². The summed E-state index contributed by atoms with van der Waals surface area (Å²) in [5.74, 6) is 0.930. The van der Waals surface area contributed by atoms with Crippen molar-refractivity contribution in [3.8, 4) is 5.75 Å². The van der Waals surface area contributed by atoms with Crippen LogP contribution in [-0.4, -0.2) is 35.2 Å². The lowest BCUT2D eigenvalue weighted by atomic mass is 10.1. The van der Waals surface area contributed by atoms with Crippen LogP contribution in [0.25, 0.3) is 10.9 Å². The van der Waals surface area contributed by atoms with Gasteiger partial charge in [0.1, 0.15) is 5.75 Å². The van der Waals surface area contributed by atoms with Crippen LogP contribution in [0.5, 0.6) is 5.75 Å². The van der Waals surface area contributed by atoms with Crippen LogP contribution in [0.3, 0.4) is 0 Å². The molecule has 2 rings (SSSR count). The lowest BCUT2D eigenvalue weighted by molar-refractivity contribution is 0.177. The van der Waals surface area contributed by atoms with E-state index < -0.39 is 0 Å². The number of methoxy groups -OCH3 is 1. The minimum atomic E-state index is 0.578. The number of ether oxygens (including phenoxy) is 1. The van der Waals surface area contributed by atoms with Crippen molar-refractivity contribution < 1.29 is 4.74 Å². The third-order valence-corrected chi connectivity index (χ3v) is 4.25. The monoisotopic (exact) mass is 288 g/mol. The van der Waals surface area contributed by atoms with Gasteiger partial charge < -0.3 is 9.30 Å². The second-order valence-electron chi connectivity index (χ2n) is 6.32. The Bertz CT molecular complexity index is 591. The second-order valence-corrected chi connectivity index (χ2v) is 6.32. The zero-order valence-corrected chi connectivity index (χ0v) is 14.2. The maximum absolute atomic E-state index is 5.37. The molecule has 3 nitrogen and oxygen atoms in total. The van der Waals surface area contributed by atoms with Gasteiger partial charge in [-0.3, -0.25) is 4.90 Å². The van der Waals surface area contributed by atoms with Crippen LogP contribution in [0.4, 0.5) is 0 Å². The summed E-state index contributed by atoms with van der Waals surface area (Å²) in [7, 11) is 3.84. The van der Waals surface area contributed by atoms with E-state index in [1.54, 1.807) is 7.11 Å². The number of hydrogen-bond donors (Lipinski definition) is 0. The van der Waals surface area contributed by atoms with E-state index >= 15 is 0 Å². The highest BCUT2D eigenvalue weighted by molar-refractivity contribution is 5.85. The van der Waals surface area contributed by atoms with Crippen LogP contribution >= 0.6 is 0 Å². The fraction of sp³-hybridized carbons (Fsp3) is 0.556. The summed E-state index contributed by atoms with van der Waals surface area (Å²) in [6.07, 6.45) is 3.32. The van der Waals surface area contributed by atoms with Gasteiger partial charge in [-0.25, -0.2) is 0 Å². The van der Waals surface area contributed by atoms with Crippen molar-refractivity contribution in [2.75, 3.05) is 13.7 Å². The minimum Gasteiger partial charge on any atom is -0.497 e. The highest BCUT2D eigenvalue weighted by Gasteiger charge is 2.15. The molecule has 0 unspecified atom stereocenters. The molecule has 0 N–H and O–H groups in total. The number of aryl methyl sites for hydroxylation is 1. The summed E-state index contributed by atoms with van der Waals surface area (Å²) in [6.45, 7) is 10.2. The van der Waals surface area contributed by atoms with Gasteiger partial charge in [-0.15, -0.1) is 0 Å². The van der Waals surface area contributed by atoms with E-state index in [4.69, 9.17) is 4.74 Å². The molecule has 0 amide bonds. The molecule has 0 aliphatic heterocycles. The predicted octanol–water partition coefficient (Wildman–Crippen LogP) is 3.85. The summed E-state index contributed by atoms with van der Waals surface area (Å²) in [5, 5.41) is 1.31. The van der Waals surface area contributed by atoms with Gasteiger partial charge in [-0.05, 0) is 57.9 Å². The first-order valence-electron chi connectivity index (χ1n) is 7.81. The van der Waals surface area contributed by atoms with Crippen LogP contribution in [0, 0.1) is 0 Å². The number of hydrogen-bond acceptors (Lipinski definition) is 2. The van der Waals surface area contributed by atoms with Gasteiger partial charge in [-0.1, -0.05) is 0 Å². The fourth-order valence-electron chi connectivity index (χ4n) is 3.14. The molecule has 21 heavy (non-hydrogen) atoms. The molecule has 0 saturated carbocycles. The van der Waals surface area contributed by atoms with E-state index in [2.05, 4.69) is 62.5 Å². The highest BCUT2D eigenvalue weighted by atomic mass is 16.5. The summed E-state index contributed by atoms with van der Waals surface area (Å²) < 4.78 is 7.58. The molecule has 0 atom stereocenters. The first kappa shape index (κ1) is 15.9. The minimum absolute atomic E-state index is 0.578. The van der Waals surface area contributed by atoms with E-state index in [9.17, 15) is 0 Å². The first-order valence-corrected chi connectivity index (χ1v) is 7.81. The van der Waals surface area contributed by atoms with E-state index in [-0.39, 0.29) is 0 Å². The van der Waals surface area contributed by atoms with Gasteiger partial charge in [0.2, 0.25) is 0 Å². The van der Waals surface area contributed by atoms with Gasteiger partial charge >= 0.3 is 0 Å². The molecule has 0 spiro atoms. The molecule has 0 fully saturated rings. The molecule has 0 bridgehead atoms. The maximum atomic E-state index is 5.37. The Morgan fingerprint density at radius 2 is 1.81 bits per heavy atom. The lowest BCUT2D eigenvalue weighted by Gasteiger charge is -2.30. The molecule has 1 aromatic heterocycles. The van der Waals surface area contributed by atoms with Crippen molar-refractivity contribution in [3.63, 3.8) is 0 Å². The van der Waals surface area contributed by atoms with E-state index in [1.165, 1.54) is 16.5 Å². The topological polar surface area (TPSA) is 17.4 Å². The molecular weight excluding hydrogens is 260 g/mol. The summed E-state index contributed by atoms with van der Waals surface area (Å²) in [5.41, 5.74) is 2.67. The molecular formula is C18H28N2O. The summed E-state index contributed by atoms with van der Waals surface area (Å²) >= 11 is 0. The molecule has 1 heterocycles. The first-order chi connectivity index (χ1) is 9.93. The maximum Gasteiger partial charge on any atom is 0.119 e. The number of fused-ring (bicyclic) bond motifs is 1. The zero-order chi connectivity index (χ0) is 15.6. The second kappa shape index (κ2) is 6.52. The van der Waals surface area contributed by atoms with Crippen LogP contribution in [0.2, 0.25) is 0 Å². The third kappa shape index (κ3) is 3.41. The van der Waals surface area contributed by atoms with E-state index in [0.717, 1.165) is 18.7 Å². The Hall–Kier alpha value is -1.48. The van der Waals surface area contributed by atoms with Crippen LogP contribution in [0.15, 0.2) is 24.4 Å². The van der Waals surface area contributed by atoms with Crippen molar-refractivity contribution in [2.45, 2.75) is 46.2 Å². The average Bonchev–Trinajstić information content (AvgIpc) is 2.74. The molecule has 0 aliphatic carbocycles. The lowest BCUT2D eigenvalue weighted by Crippen LogP contribution is -2.38.